The topological polar surface area (TPSA) is 65.8 Å². The van der Waals surface area contributed by atoms with Crippen LogP contribution in [0.15, 0.2) is 33.8 Å². The standard InChI is InChI=1S/C18H18BrN3OS/c1-10-11(2)16(9-20)18(21-12(10)3)24-13(4)17(23)22-15-7-5-14(19)6-8-15/h5-8,13H,1-4H3,(H,22,23)/t13-/m1/s1. The Hall–Kier alpha value is -1.84. The monoisotopic (exact) mass is 403 g/mol. The van der Waals surface area contributed by atoms with Crippen LogP contribution in [-0.4, -0.2) is 16.1 Å². The highest BCUT2D eigenvalue weighted by Crippen LogP contribution is 2.29. The van der Waals surface area contributed by atoms with Gasteiger partial charge >= 0.3 is 0 Å². The molecule has 0 saturated carbocycles. The Labute approximate surface area is 154 Å². The highest BCUT2D eigenvalue weighted by molar-refractivity contribution is 9.10. The predicted molar refractivity (Wildman–Crippen MR) is 101 cm³/mol. The van der Waals surface area contributed by atoms with Crippen LogP contribution in [0.5, 0.6) is 0 Å². The summed E-state index contributed by atoms with van der Waals surface area (Å²) in [6.07, 6.45) is 0. The van der Waals surface area contributed by atoms with E-state index >= 15 is 0 Å². The molecule has 1 aromatic heterocycles. The average Bonchev–Trinajstić information content (AvgIpc) is 2.55. The number of nitrogens with zero attached hydrogens (tertiary/aromatic N) is 2. The molecule has 1 aromatic carbocycles. The number of benzene rings is 1. The quantitative estimate of drug-likeness (QED) is 0.747. The van der Waals surface area contributed by atoms with Gasteiger partial charge in [-0.15, -0.1) is 0 Å². The van der Waals surface area contributed by atoms with Crippen LogP contribution in [0.3, 0.4) is 0 Å². The van der Waals surface area contributed by atoms with Gasteiger partial charge in [0.05, 0.1) is 10.8 Å². The largest absolute Gasteiger partial charge is 0.325 e. The fourth-order valence-corrected chi connectivity index (χ4v) is 3.40. The molecule has 1 atom stereocenters. The van der Waals surface area contributed by atoms with Crippen LogP contribution in [0.4, 0.5) is 5.69 Å². The van der Waals surface area contributed by atoms with Crippen molar-refractivity contribution in [2.75, 3.05) is 5.32 Å². The molecule has 0 fully saturated rings. The molecule has 0 bridgehead atoms. The zero-order chi connectivity index (χ0) is 17.9. The molecule has 0 unspecified atom stereocenters. The van der Waals surface area contributed by atoms with Crippen molar-refractivity contribution >= 4 is 39.3 Å². The molecule has 0 spiro atoms. The van der Waals surface area contributed by atoms with Gasteiger partial charge in [-0.05, 0) is 63.1 Å². The van der Waals surface area contributed by atoms with Gasteiger partial charge in [-0.1, -0.05) is 27.7 Å². The van der Waals surface area contributed by atoms with E-state index in [0.717, 1.165) is 27.0 Å². The summed E-state index contributed by atoms with van der Waals surface area (Å²) < 4.78 is 0.955. The summed E-state index contributed by atoms with van der Waals surface area (Å²) in [7, 11) is 0. The lowest BCUT2D eigenvalue weighted by Gasteiger charge is -2.15. The van der Waals surface area contributed by atoms with E-state index in [1.54, 1.807) is 0 Å². The van der Waals surface area contributed by atoms with Gasteiger partial charge in [-0.25, -0.2) is 4.98 Å². The summed E-state index contributed by atoms with van der Waals surface area (Å²) in [6, 6.07) is 9.62. The Morgan fingerprint density at radius 1 is 1.25 bits per heavy atom. The van der Waals surface area contributed by atoms with Crippen molar-refractivity contribution in [3.8, 4) is 6.07 Å². The van der Waals surface area contributed by atoms with Crippen LogP contribution in [-0.2, 0) is 4.79 Å². The van der Waals surface area contributed by atoms with E-state index in [1.165, 1.54) is 11.8 Å². The third-order valence-electron chi connectivity index (χ3n) is 3.84. The van der Waals surface area contributed by atoms with Gasteiger partial charge in [-0.2, -0.15) is 5.26 Å². The van der Waals surface area contributed by atoms with Crippen molar-refractivity contribution in [3.05, 3.63) is 51.1 Å². The average molecular weight is 404 g/mol. The van der Waals surface area contributed by atoms with E-state index in [2.05, 4.69) is 32.3 Å². The minimum absolute atomic E-state index is 0.121. The number of thioether (sulfide) groups is 1. The van der Waals surface area contributed by atoms with E-state index in [-0.39, 0.29) is 11.2 Å². The normalized spacial score (nSPS) is 11.7. The SMILES string of the molecule is Cc1nc(S[C@H](C)C(=O)Nc2ccc(Br)cc2)c(C#N)c(C)c1C. The summed E-state index contributed by atoms with van der Waals surface area (Å²) in [5.74, 6) is -0.121. The van der Waals surface area contributed by atoms with Gasteiger partial charge in [-0.3, -0.25) is 4.79 Å². The number of nitrogens with one attached hydrogen (secondary N) is 1. The van der Waals surface area contributed by atoms with E-state index in [1.807, 2.05) is 52.0 Å². The molecule has 2 rings (SSSR count). The number of carbonyl (C=O) groups excluding carboxylic acids is 1. The molecule has 0 radical (unpaired) electrons. The molecule has 0 saturated heterocycles. The van der Waals surface area contributed by atoms with Crippen LogP contribution in [0.1, 0.15) is 29.3 Å². The lowest BCUT2D eigenvalue weighted by atomic mass is 10.1. The predicted octanol–water partition coefficient (Wildman–Crippen LogP) is 4.76. The fraction of sp³-hybridized carbons (Fsp3) is 0.278. The summed E-state index contributed by atoms with van der Waals surface area (Å²) in [4.78, 5) is 16.9. The number of amides is 1. The molecule has 1 heterocycles. The Kier molecular flexibility index (Phi) is 6.03. The third-order valence-corrected chi connectivity index (χ3v) is 5.46. The molecule has 24 heavy (non-hydrogen) atoms. The molecule has 0 aliphatic rings. The Bertz CT molecular complexity index is 812. The van der Waals surface area contributed by atoms with Gasteiger partial charge < -0.3 is 5.32 Å². The second-order valence-corrected chi connectivity index (χ2v) is 7.74. The second kappa shape index (κ2) is 7.82. The van der Waals surface area contributed by atoms with Gasteiger partial charge in [0, 0.05) is 15.9 Å². The number of aryl methyl sites for hydroxylation is 1. The maximum Gasteiger partial charge on any atom is 0.237 e. The third kappa shape index (κ3) is 4.16. The second-order valence-electron chi connectivity index (χ2n) is 5.50. The highest BCUT2D eigenvalue weighted by Gasteiger charge is 2.20. The summed E-state index contributed by atoms with van der Waals surface area (Å²) in [5.41, 5.74) is 4.11. The van der Waals surface area contributed by atoms with Gasteiger partial charge in [0.15, 0.2) is 0 Å². The van der Waals surface area contributed by atoms with Crippen LogP contribution in [0.2, 0.25) is 0 Å². The Morgan fingerprint density at radius 3 is 2.46 bits per heavy atom. The zero-order valence-corrected chi connectivity index (χ0v) is 16.4. The first-order valence-corrected chi connectivity index (χ1v) is 9.11. The van der Waals surface area contributed by atoms with Crippen molar-refractivity contribution in [1.29, 1.82) is 5.26 Å². The maximum atomic E-state index is 12.4. The first-order valence-electron chi connectivity index (χ1n) is 7.44. The number of nitriles is 1. The van der Waals surface area contributed by atoms with Crippen LogP contribution < -0.4 is 5.32 Å². The Morgan fingerprint density at radius 2 is 1.88 bits per heavy atom. The van der Waals surface area contributed by atoms with Crippen molar-refractivity contribution in [2.45, 2.75) is 38.0 Å². The van der Waals surface area contributed by atoms with Crippen LogP contribution >= 0.6 is 27.7 Å². The first kappa shape index (κ1) is 18.5. The molecule has 4 nitrogen and oxygen atoms in total. The van der Waals surface area contributed by atoms with E-state index in [0.29, 0.717) is 10.6 Å². The van der Waals surface area contributed by atoms with Crippen molar-refractivity contribution in [3.63, 3.8) is 0 Å². The number of pyridine rings is 1. The van der Waals surface area contributed by atoms with E-state index in [9.17, 15) is 10.1 Å². The maximum absolute atomic E-state index is 12.4. The van der Waals surface area contributed by atoms with Gasteiger partial charge in [0.2, 0.25) is 5.91 Å². The lowest BCUT2D eigenvalue weighted by Crippen LogP contribution is -2.22. The molecule has 1 N–H and O–H groups in total. The molecule has 0 aliphatic carbocycles. The minimum Gasteiger partial charge on any atom is -0.325 e. The minimum atomic E-state index is -0.366. The van der Waals surface area contributed by atoms with Gasteiger partial charge in [0.1, 0.15) is 11.1 Å². The number of aromatic nitrogens is 1. The Balaban J connectivity index is 2.17. The number of hydrogen-bond donors (Lipinski definition) is 1. The summed E-state index contributed by atoms with van der Waals surface area (Å²) in [6.45, 7) is 7.60. The smallest absolute Gasteiger partial charge is 0.237 e. The number of halogens is 1. The molecule has 1 amide bonds. The first-order chi connectivity index (χ1) is 11.3. The molecule has 0 aliphatic heterocycles. The van der Waals surface area contributed by atoms with E-state index in [4.69, 9.17) is 0 Å². The molecular weight excluding hydrogens is 386 g/mol. The molecular formula is C18H18BrN3OS. The van der Waals surface area contributed by atoms with Crippen LogP contribution in [0.25, 0.3) is 0 Å². The van der Waals surface area contributed by atoms with Crippen LogP contribution in [0, 0.1) is 32.1 Å². The highest BCUT2D eigenvalue weighted by atomic mass is 79.9. The molecule has 6 heteroatoms. The fourth-order valence-electron chi connectivity index (χ4n) is 2.13. The zero-order valence-electron chi connectivity index (χ0n) is 14.0. The molecule has 124 valence electrons. The summed E-state index contributed by atoms with van der Waals surface area (Å²) in [5, 5.41) is 12.5. The molecule has 2 aromatic rings. The number of carbonyl (C=O) groups is 1. The number of anilines is 1. The van der Waals surface area contributed by atoms with Crippen molar-refractivity contribution in [1.82, 2.24) is 4.98 Å². The van der Waals surface area contributed by atoms with Crippen molar-refractivity contribution in [2.24, 2.45) is 0 Å². The lowest BCUT2D eigenvalue weighted by molar-refractivity contribution is -0.115. The summed E-state index contributed by atoms with van der Waals surface area (Å²) >= 11 is 4.67. The van der Waals surface area contributed by atoms with E-state index < -0.39 is 0 Å². The number of hydrogen-bond acceptors (Lipinski definition) is 4. The van der Waals surface area contributed by atoms with Crippen molar-refractivity contribution < 1.29 is 4.79 Å². The van der Waals surface area contributed by atoms with Gasteiger partial charge in [0.25, 0.3) is 0 Å². The number of rotatable bonds is 4.